The third-order valence-electron chi connectivity index (χ3n) is 5.59. The number of fused-ring (bicyclic) bond motifs is 1. The van der Waals surface area contributed by atoms with E-state index < -0.39 is 17.5 Å². The van der Waals surface area contributed by atoms with Crippen LogP contribution in [-0.4, -0.2) is 27.1 Å². The van der Waals surface area contributed by atoms with Crippen LogP contribution in [0.2, 0.25) is 0 Å². The standard InChI is InChI=1S/C22H22F3N7.H2/c1-11-12(2)22(30-32(13(3)26)21(11)27)31-5-4-18-14(10-31)6-16(9-28-18)29-19-8-15(23)7-17(24)20(19)25;/h6-9,26-27,29H,4-5,10H2,1-3H3;1H. The third-order valence-corrected chi connectivity index (χ3v) is 5.59. The molecule has 0 atom stereocenters. The molecule has 3 aromatic rings. The van der Waals surface area contributed by atoms with E-state index in [0.717, 1.165) is 28.5 Å². The highest BCUT2D eigenvalue weighted by Crippen LogP contribution is 2.28. The summed E-state index contributed by atoms with van der Waals surface area (Å²) in [5.41, 5.74) is 3.61. The van der Waals surface area contributed by atoms with Crippen molar-refractivity contribution in [3.63, 3.8) is 0 Å². The second-order valence-electron chi connectivity index (χ2n) is 7.79. The number of pyridine rings is 1. The molecule has 4 rings (SSSR count). The Morgan fingerprint density at radius 3 is 2.62 bits per heavy atom. The van der Waals surface area contributed by atoms with Gasteiger partial charge in [0.1, 0.15) is 11.7 Å². The average Bonchev–Trinajstić information content (AvgIpc) is 2.75. The molecule has 0 amide bonds. The van der Waals surface area contributed by atoms with Gasteiger partial charge in [-0.2, -0.15) is 0 Å². The molecule has 10 heteroatoms. The molecule has 168 valence electrons. The Morgan fingerprint density at radius 1 is 1.16 bits per heavy atom. The van der Waals surface area contributed by atoms with Crippen LogP contribution in [0, 0.1) is 42.1 Å². The van der Waals surface area contributed by atoms with Crippen molar-refractivity contribution < 1.29 is 14.6 Å². The third kappa shape index (κ3) is 3.83. The van der Waals surface area contributed by atoms with Crippen LogP contribution in [0.1, 0.15) is 30.7 Å². The fourth-order valence-corrected chi connectivity index (χ4v) is 3.74. The maximum Gasteiger partial charge on any atom is 0.182 e. The lowest BCUT2D eigenvalue weighted by Gasteiger charge is -2.31. The maximum absolute atomic E-state index is 14.0. The zero-order valence-electron chi connectivity index (χ0n) is 17.9. The normalized spacial score (nSPS) is 13.1. The van der Waals surface area contributed by atoms with E-state index in [-0.39, 0.29) is 18.4 Å². The first kappa shape index (κ1) is 21.5. The molecule has 1 aliphatic heterocycles. The number of aromatic nitrogens is 3. The van der Waals surface area contributed by atoms with Gasteiger partial charge in [-0.25, -0.2) is 17.9 Å². The second kappa shape index (κ2) is 8.10. The Bertz CT molecular complexity index is 1310. The fourth-order valence-electron chi connectivity index (χ4n) is 3.74. The van der Waals surface area contributed by atoms with Crippen molar-refractivity contribution in [2.24, 2.45) is 0 Å². The Kier molecular flexibility index (Phi) is 5.45. The lowest BCUT2D eigenvalue weighted by Crippen LogP contribution is -2.37. The number of nitrogens with one attached hydrogen (secondary N) is 3. The number of hydrogen-bond donors (Lipinski definition) is 3. The molecular weight excluding hydrogens is 419 g/mol. The van der Waals surface area contributed by atoms with E-state index >= 15 is 0 Å². The molecule has 0 bridgehead atoms. The Morgan fingerprint density at radius 2 is 1.91 bits per heavy atom. The van der Waals surface area contributed by atoms with Crippen molar-refractivity contribution in [3.05, 3.63) is 69.7 Å². The van der Waals surface area contributed by atoms with E-state index in [4.69, 9.17) is 10.8 Å². The largest absolute Gasteiger partial charge is 0.352 e. The molecule has 7 nitrogen and oxygen atoms in total. The van der Waals surface area contributed by atoms with Gasteiger partial charge in [0.15, 0.2) is 22.9 Å². The van der Waals surface area contributed by atoms with E-state index in [1.54, 1.807) is 13.0 Å². The van der Waals surface area contributed by atoms with Gasteiger partial charge in [-0.1, -0.05) is 0 Å². The minimum Gasteiger partial charge on any atom is -0.352 e. The lowest BCUT2D eigenvalue weighted by molar-refractivity contribution is 0.498. The predicted octanol–water partition coefficient (Wildman–Crippen LogP) is 4.19. The highest BCUT2D eigenvalue weighted by Gasteiger charge is 2.23. The Labute approximate surface area is 184 Å². The first-order valence-corrected chi connectivity index (χ1v) is 10.0. The molecule has 3 N–H and O–H groups in total. The smallest absolute Gasteiger partial charge is 0.182 e. The van der Waals surface area contributed by atoms with Gasteiger partial charge in [0.2, 0.25) is 0 Å². The zero-order valence-corrected chi connectivity index (χ0v) is 17.9. The first-order chi connectivity index (χ1) is 15.2. The van der Waals surface area contributed by atoms with Gasteiger partial charge >= 0.3 is 0 Å². The van der Waals surface area contributed by atoms with Crippen LogP contribution in [-0.2, 0) is 13.0 Å². The molecule has 0 saturated carbocycles. The van der Waals surface area contributed by atoms with Crippen LogP contribution in [0.4, 0.5) is 30.4 Å². The van der Waals surface area contributed by atoms with Crippen molar-refractivity contribution in [3.8, 4) is 0 Å². The molecule has 0 spiro atoms. The number of nitrogens with zero attached hydrogens (tertiary/aromatic N) is 4. The number of hydrogen-bond acceptors (Lipinski definition) is 6. The summed E-state index contributed by atoms with van der Waals surface area (Å²) in [6, 6.07) is 3.15. The van der Waals surface area contributed by atoms with Crippen LogP contribution in [0.3, 0.4) is 0 Å². The molecule has 0 aliphatic carbocycles. The molecule has 0 unspecified atom stereocenters. The quantitative estimate of drug-likeness (QED) is 0.321. The highest BCUT2D eigenvalue weighted by molar-refractivity contribution is 5.78. The summed E-state index contributed by atoms with van der Waals surface area (Å²) in [4.78, 5) is 6.47. The van der Waals surface area contributed by atoms with Gasteiger partial charge in [-0.15, -0.1) is 5.10 Å². The molecule has 0 fully saturated rings. The SMILES string of the molecule is CC(=N)n1nc(N2CCc3ncc(Nc4cc(F)cc(F)c4F)cc3C2)c(C)c(C)c1=N.[HH]. The van der Waals surface area contributed by atoms with Gasteiger partial charge in [0.25, 0.3) is 0 Å². The Balaban J connectivity index is 0.00000306. The van der Waals surface area contributed by atoms with Gasteiger partial charge in [-0.3, -0.25) is 15.8 Å². The van der Waals surface area contributed by atoms with Crippen molar-refractivity contribution in [1.82, 2.24) is 14.8 Å². The topological polar surface area (TPSA) is 93.7 Å². The summed E-state index contributed by atoms with van der Waals surface area (Å²) in [7, 11) is 0. The Hall–Kier alpha value is -3.69. The van der Waals surface area contributed by atoms with Gasteiger partial charge in [0.05, 0.1) is 17.6 Å². The zero-order chi connectivity index (χ0) is 23.2. The summed E-state index contributed by atoms with van der Waals surface area (Å²) in [6.45, 7) is 6.41. The van der Waals surface area contributed by atoms with Crippen LogP contribution in [0.5, 0.6) is 0 Å². The van der Waals surface area contributed by atoms with E-state index in [1.807, 2.05) is 18.7 Å². The van der Waals surface area contributed by atoms with Gasteiger partial charge < -0.3 is 10.2 Å². The van der Waals surface area contributed by atoms with Crippen LogP contribution in [0.25, 0.3) is 0 Å². The first-order valence-electron chi connectivity index (χ1n) is 10.0. The monoisotopic (exact) mass is 443 g/mol. The molecule has 1 aromatic carbocycles. The molecule has 2 aromatic heterocycles. The molecule has 0 radical (unpaired) electrons. The number of benzene rings is 1. The summed E-state index contributed by atoms with van der Waals surface area (Å²) in [5, 5.41) is 23.3. The number of anilines is 3. The van der Waals surface area contributed by atoms with Crippen LogP contribution < -0.4 is 15.7 Å². The predicted molar refractivity (Wildman–Crippen MR) is 117 cm³/mol. The number of halogens is 3. The van der Waals surface area contributed by atoms with Gasteiger partial charge in [-0.05, 0) is 38.0 Å². The fraction of sp³-hybridized carbons (Fsp3) is 0.273. The molecule has 1 aliphatic rings. The van der Waals surface area contributed by atoms with Crippen LogP contribution in [0.15, 0.2) is 24.4 Å². The van der Waals surface area contributed by atoms with Crippen molar-refractivity contribution in [1.29, 1.82) is 10.8 Å². The summed E-state index contributed by atoms with van der Waals surface area (Å²) in [5.74, 6) is -2.49. The van der Waals surface area contributed by atoms with Gasteiger partial charge in [0, 0.05) is 44.3 Å². The lowest BCUT2D eigenvalue weighted by atomic mass is 10.0. The molecule has 0 saturated heterocycles. The van der Waals surface area contributed by atoms with Crippen molar-refractivity contribution in [2.75, 3.05) is 16.8 Å². The maximum atomic E-state index is 14.0. The molecular formula is C22H24F3N7. The van der Waals surface area contributed by atoms with Crippen molar-refractivity contribution in [2.45, 2.75) is 33.7 Å². The minimum absolute atomic E-state index is 0. The summed E-state index contributed by atoms with van der Waals surface area (Å²) >= 11 is 0. The average molecular weight is 443 g/mol. The summed E-state index contributed by atoms with van der Waals surface area (Å²) < 4.78 is 42.4. The minimum atomic E-state index is -1.27. The van der Waals surface area contributed by atoms with E-state index in [9.17, 15) is 13.2 Å². The number of rotatable bonds is 3. The highest BCUT2D eigenvalue weighted by atomic mass is 19.2. The molecule has 32 heavy (non-hydrogen) atoms. The van der Waals surface area contributed by atoms with Crippen molar-refractivity contribution >= 4 is 23.0 Å². The van der Waals surface area contributed by atoms with E-state index in [1.165, 1.54) is 10.9 Å². The van der Waals surface area contributed by atoms with Crippen LogP contribution >= 0.6 is 0 Å². The van der Waals surface area contributed by atoms with E-state index in [0.29, 0.717) is 37.1 Å². The molecule has 3 heterocycles. The summed E-state index contributed by atoms with van der Waals surface area (Å²) in [6.07, 6.45) is 2.15. The second-order valence-corrected chi connectivity index (χ2v) is 7.79. The van der Waals surface area contributed by atoms with E-state index in [2.05, 4.69) is 15.4 Å².